The number of rotatable bonds is 16. The minimum absolute atomic E-state index is 0.0412. The topological polar surface area (TPSA) is 341 Å². The highest BCUT2D eigenvalue weighted by atomic mass is 35.5. The van der Waals surface area contributed by atoms with Crippen LogP contribution < -0.4 is 30.9 Å². The Hall–Kier alpha value is -5.51. The molecule has 3 aromatic heterocycles. The van der Waals surface area contributed by atoms with E-state index < -0.39 is 86.5 Å². The molecule has 354 valence electrons. The smallest absolute Gasteiger partial charge is 0.355 e. The minimum atomic E-state index is -4.64. The molecule has 3 atom stereocenters. The van der Waals surface area contributed by atoms with Crippen molar-refractivity contribution < 1.29 is 74.6 Å². The average molecular weight is 1010 g/mol. The molecule has 0 saturated carbocycles. The van der Waals surface area contributed by atoms with Gasteiger partial charge in [-0.15, -0.1) is 16.7 Å². The first-order valence-corrected chi connectivity index (χ1v) is 22.3. The zero-order valence-corrected chi connectivity index (χ0v) is 37.9. The van der Waals surface area contributed by atoms with E-state index in [9.17, 15) is 50.1 Å². The number of nitrogens with zero attached hydrogens (tertiary/aromatic N) is 7. The van der Waals surface area contributed by atoms with Crippen LogP contribution in [-0.4, -0.2) is 127 Å². The molecule has 24 nitrogen and oxygen atoms in total. The summed E-state index contributed by atoms with van der Waals surface area (Å²) < 4.78 is 93.1. The Morgan fingerprint density at radius 3 is 2.09 bits per heavy atom. The second-order valence-electron chi connectivity index (χ2n) is 12.5. The molecule has 3 heterocycles. The predicted octanol–water partition coefficient (Wildman–Crippen LogP) is 3.02. The summed E-state index contributed by atoms with van der Waals surface area (Å²) in [6.07, 6.45) is -0.115. The molecular formula is C32H39Cl3F3N10O14PS. The van der Waals surface area contributed by atoms with E-state index >= 15 is 0 Å². The number of halogens is 6. The lowest BCUT2D eigenvalue weighted by atomic mass is 10.1. The largest absolute Gasteiger partial charge is 0.481 e. The number of amides is 2. The lowest BCUT2D eigenvalue weighted by Gasteiger charge is -2.12. The number of nitrogens with one attached hydrogen (secondary N) is 2. The molecule has 0 fully saturated rings. The number of nitrogens with two attached hydrogens (primary N) is 1. The fraction of sp³-hybridized carbons (Fsp3) is 0.406. The Morgan fingerprint density at radius 1 is 1.05 bits per heavy atom. The van der Waals surface area contributed by atoms with Gasteiger partial charge in [-0.2, -0.15) is 36.9 Å². The van der Waals surface area contributed by atoms with Crippen molar-refractivity contribution in [2.45, 2.75) is 49.7 Å². The van der Waals surface area contributed by atoms with Crippen LogP contribution in [0.4, 0.5) is 23.9 Å². The van der Waals surface area contributed by atoms with Crippen molar-refractivity contribution in [1.29, 1.82) is 0 Å². The number of hydrogen-bond acceptors (Lipinski definition) is 16. The second-order valence-corrected chi connectivity index (χ2v) is 17.9. The molecule has 64 heavy (non-hydrogen) atoms. The number of aliphatic carboxylic acids is 1. The van der Waals surface area contributed by atoms with Crippen molar-refractivity contribution in [3.63, 3.8) is 0 Å². The van der Waals surface area contributed by atoms with Crippen LogP contribution in [-0.2, 0) is 42.4 Å². The number of ether oxygens (including phenoxy) is 3. The number of carboxylic acids is 2. The Balaban J connectivity index is 0.000000359. The monoisotopic (exact) mass is 1010 g/mol. The van der Waals surface area contributed by atoms with Gasteiger partial charge in [0.1, 0.15) is 28.5 Å². The normalized spacial score (nSPS) is 12.9. The summed E-state index contributed by atoms with van der Waals surface area (Å²) >= 11 is 17.5. The highest BCUT2D eigenvalue weighted by Crippen LogP contribution is 2.35. The number of carbonyl (C=O) groups excluding carboxylic acids is 2. The van der Waals surface area contributed by atoms with Crippen LogP contribution in [0.15, 0.2) is 28.0 Å². The molecule has 4 aromatic rings. The van der Waals surface area contributed by atoms with E-state index in [0.29, 0.717) is 9.36 Å². The zero-order chi connectivity index (χ0) is 49.0. The second kappa shape index (κ2) is 23.4. The number of esters is 1. The van der Waals surface area contributed by atoms with Crippen LogP contribution in [0.1, 0.15) is 41.6 Å². The minimum Gasteiger partial charge on any atom is -0.481 e. The predicted molar refractivity (Wildman–Crippen MR) is 219 cm³/mol. The van der Waals surface area contributed by atoms with Crippen LogP contribution in [0.25, 0.3) is 5.69 Å². The van der Waals surface area contributed by atoms with Gasteiger partial charge in [-0.3, -0.25) is 24.2 Å². The van der Waals surface area contributed by atoms with Crippen molar-refractivity contribution in [3.05, 3.63) is 61.6 Å². The molecule has 0 radical (unpaired) electrons. The van der Waals surface area contributed by atoms with Gasteiger partial charge in [0.05, 0.1) is 26.9 Å². The maximum absolute atomic E-state index is 14.2. The molecule has 0 aliphatic heterocycles. The molecule has 32 heteroatoms. The number of benzene rings is 1. The third-order valence-electron chi connectivity index (χ3n) is 7.60. The summed E-state index contributed by atoms with van der Waals surface area (Å²) in [6.45, 7) is 0.987. The van der Waals surface area contributed by atoms with Crippen molar-refractivity contribution in [1.82, 2.24) is 38.8 Å². The van der Waals surface area contributed by atoms with Gasteiger partial charge in [0.2, 0.25) is 17.7 Å². The van der Waals surface area contributed by atoms with Gasteiger partial charge in [0, 0.05) is 31.3 Å². The summed E-state index contributed by atoms with van der Waals surface area (Å²) in [4.78, 5) is 73.4. The molecule has 0 saturated heterocycles. The number of alkyl halides is 3. The maximum Gasteiger partial charge on any atom is 0.355 e. The van der Waals surface area contributed by atoms with Crippen LogP contribution in [0.5, 0.6) is 11.8 Å². The number of aromatic carboxylic acids is 1. The first-order valence-electron chi connectivity index (χ1n) is 17.4. The Kier molecular flexibility index (Phi) is 20.0. The number of hydrogen-bond donors (Lipinski definition) is 6. The Bertz CT molecular complexity index is 2560. The first-order chi connectivity index (χ1) is 29.6. The number of urea groups is 1. The van der Waals surface area contributed by atoms with Gasteiger partial charge < -0.3 is 35.1 Å². The Morgan fingerprint density at radius 2 is 1.62 bits per heavy atom. The number of sulfonamides is 1. The third-order valence-corrected chi connectivity index (χ3v) is 11.1. The quantitative estimate of drug-likeness (QED) is 0.0533. The van der Waals surface area contributed by atoms with E-state index in [1.54, 1.807) is 11.6 Å². The van der Waals surface area contributed by atoms with Crippen molar-refractivity contribution in [2.75, 3.05) is 39.0 Å². The third kappa shape index (κ3) is 15.3. The first kappa shape index (κ1) is 54.6. The molecule has 2 amide bonds. The van der Waals surface area contributed by atoms with E-state index in [1.165, 1.54) is 33.9 Å². The number of methoxy groups -OCH3 is 2. The van der Waals surface area contributed by atoms with Crippen molar-refractivity contribution in [3.8, 4) is 17.4 Å². The van der Waals surface area contributed by atoms with Gasteiger partial charge in [0.25, 0.3) is 10.0 Å². The SMILES string of the molecule is CCOC(=O)C(Cl)Cc1cc(-n2nc(C)n(C(F)F)c2=O)c(F)cc1Cl.COc1cc(OC)nc(NC(=O)NS(=O)(=O)c2c(C(=O)O)c(Cl)nn2C)n1.CP(=O)(O)CCC(N)C(=O)O. The van der Waals surface area contributed by atoms with Crippen LogP contribution >= 0.6 is 42.2 Å². The standard InChI is InChI=1S/C15H14Cl2F3N3O3.C12H13ClN6O7S.C5H12NO4P/c1-3-26-13(24)10(17)4-8-5-12(11(18)6-9(8)16)23-15(25)22(14(19)20)7(2)21-23;1-19-9(7(10(20)21)8(13)17-19)27(23,24)18-12(22)16-11-14-5(25-2)4-6(15-11)26-3;1-11(9,10)3-2-4(6)5(7)8/h5-6,10,14H,3-4H2,1-2H3;4H,1-3H3,(H,20,21)(H2,14,15,16,18,22);4H,2-3,6H2,1H3,(H,7,8)(H,9,10). The number of carbonyl (C=O) groups is 4. The molecule has 7 N–H and O–H groups in total. The van der Waals surface area contributed by atoms with E-state index in [0.717, 1.165) is 19.2 Å². The highest BCUT2D eigenvalue weighted by molar-refractivity contribution is 7.90. The fourth-order valence-corrected chi connectivity index (χ4v) is 7.49. The summed E-state index contributed by atoms with van der Waals surface area (Å²) in [5, 5.41) is 24.2. The summed E-state index contributed by atoms with van der Waals surface area (Å²) in [5.41, 5.74) is 2.95. The fourth-order valence-electron chi connectivity index (χ4n) is 4.70. The summed E-state index contributed by atoms with van der Waals surface area (Å²) in [6, 6.07) is 1.06. The maximum atomic E-state index is 14.2. The number of anilines is 1. The molecule has 1 aromatic carbocycles. The van der Waals surface area contributed by atoms with Crippen molar-refractivity contribution >= 4 is 82.1 Å². The van der Waals surface area contributed by atoms with Crippen molar-refractivity contribution in [2.24, 2.45) is 12.8 Å². The average Bonchev–Trinajstić information content (AvgIpc) is 3.67. The van der Waals surface area contributed by atoms with E-state index in [-0.39, 0.29) is 70.0 Å². The zero-order valence-electron chi connectivity index (χ0n) is 34.0. The van der Waals surface area contributed by atoms with Gasteiger partial charge in [0.15, 0.2) is 23.4 Å². The molecule has 0 bridgehead atoms. The van der Waals surface area contributed by atoms with Gasteiger partial charge >= 0.3 is 36.2 Å². The van der Waals surface area contributed by atoms with Crippen LogP contribution in [0.3, 0.4) is 0 Å². The van der Waals surface area contributed by atoms with Crippen LogP contribution in [0, 0.1) is 12.7 Å². The number of aromatic nitrogens is 7. The molecule has 4 rings (SSSR count). The summed E-state index contributed by atoms with van der Waals surface area (Å²) in [5.74, 6) is -4.91. The van der Waals surface area contributed by atoms with E-state index in [4.69, 9.17) is 69.9 Å². The molecule has 0 spiro atoms. The number of carboxylic acid groups (broad SMARTS) is 2. The molecule has 3 unspecified atom stereocenters. The molecule has 0 aliphatic carbocycles. The number of aryl methyl sites for hydroxylation is 2. The van der Waals surface area contributed by atoms with E-state index in [1.807, 2.05) is 0 Å². The lowest BCUT2D eigenvalue weighted by molar-refractivity contribution is -0.142. The highest BCUT2D eigenvalue weighted by Gasteiger charge is 2.32. The Labute approximate surface area is 374 Å². The van der Waals surface area contributed by atoms with Gasteiger partial charge in [-0.1, -0.05) is 23.2 Å². The molecule has 0 aliphatic rings. The summed E-state index contributed by atoms with van der Waals surface area (Å²) in [7, 11) is -3.96. The molecular weight excluding hydrogens is 975 g/mol. The lowest BCUT2D eigenvalue weighted by Crippen LogP contribution is -2.36. The van der Waals surface area contributed by atoms with Gasteiger partial charge in [-0.05, 0) is 38.0 Å². The van der Waals surface area contributed by atoms with E-state index in [2.05, 4.69) is 25.5 Å². The van der Waals surface area contributed by atoms with Crippen LogP contribution in [0.2, 0.25) is 10.2 Å². The van der Waals surface area contributed by atoms with Gasteiger partial charge in [-0.25, -0.2) is 28.1 Å².